The van der Waals surface area contributed by atoms with E-state index in [0.29, 0.717) is 29.4 Å². The standard InChI is InChI=1S/C16H22N4O4S/c1-4-5-10-25(21,22)20-16-9-8-15(18-19-16)17-13-11-12(23-2)6-7-14(13)24-3/h6-9,11H,4-5,10H2,1-3H3,(H,17,18)(H,19,20). The zero-order valence-corrected chi connectivity index (χ0v) is 15.3. The van der Waals surface area contributed by atoms with Crippen molar-refractivity contribution in [2.24, 2.45) is 0 Å². The van der Waals surface area contributed by atoms with Crippen molar-refractivity contribution in [2.45, 2.75) is 19.8 Å². The smallest absolute Gasteiger partial charge is 0.233 e. The summed E-state index contributed by atoms with van der Waals surface area (Å²) >= 11 is 0. The van der Waals surface area contributed by atoms with Gasteiger partial charge in [-0.3, -0.25) is 4.72 Å². The Labute approximate surface area is 147 Å². The highest BCUT2D eigenvalue weighted by Crippen LogP contribution is 2.30. The molecule has 2 N–H and O–H groups in total. The van der Waals surface area contributed by atoms with E-state index in [2.05, 4.69) is 20.2 Å². The first-order chi connectivity index (χ1) is 12.0. The van der Waals surface area contributed by atoms with Crippen molar-refractivity contribution >= 4 is 27.3 Å². The largest absolute Gasteiger partial charge is 0.497 e. The van der Waals surface area contributed by atoms with Crippen LogP contribution in [0.5, 0.6) is 11.5 Å². The summed E-state index contributed by atoms with van der Waals surface area (Å²) in [4.78, 5) is 0. The molecule has 1 heterocycles. The van der Waals surface area contributed by atoms with Crippen molar-refractivity contribution < 1.29 is 17.9 Å². The van der Waals surface area contributed by atoms with Crippen LogP contribution in [0.15, 0.2) is 30.3 Å². The molecule has 0 spiro atoms. The van der Waals surface area contributed by atoms with E-state index < -0.39 is 10.0 Å². The molecule has 0 radical (unpaired) electrons. The zero-order valence-electron chi connectivity index (χ0n) is 14.4. The van der Waals surface area contributed by atoms with Gasteiger partial charge in [-0.25, -0.2) is 8.42 Å². The summed E-state index contributed by atoms with van der Waals surface area (Å²) in [6, 6.07) is 8.49. The summed E-state index contributed by atoms with van der Waals surface area (Å²) in [6.07, 6.45) is 1.40. The molecule has 9 heteroatoms. The fraction of sp³-hybridized carbons (Fsp3) is 0.375. The molecule has 0 aliphatic heterocycles. The Morgan fingerprint density at radius 1 is 1.04 bits per heavy atom. The minimum atomic E-state index is -3.40. The molecule has 2 aromatic rings. The summed E-state index contributed by atoms with van der Waals surface area (Å²) in [5.74, 6) is 1.97. The van der Waals surface area contributed by atoms with Crippen LogP contribution >= 0.6 is 0 Å². The average molecular weight is 366 g/mol. The first kappa shape index (κ1) is 18.8. The fourth-order valence-electron chi connectivity index (χ4n) is 2.05. The summed E-state index contributed by atoms with van der Waals surface area (Å²) < 4.78 is 36.6. The van der Waals surface area contributed by atoms with Gasteiger partial charge in [0.15, 0.2) is 11.6 Å². The number of ether oxygens (including phenoxy) is 2. The number of hydrogen-bond acceptors (Lipinski definition) is 7. The van der Waals surface area contributed by atoms with Crippen LogP contribution in [0.25, 0.3) is 0 Å². The van der Waals surface area contributed by atoms with E-state index in [1.54, 1.807) is 44.6 Å². The molecule has 0 aliphatic carbocycles. The molecule has 0 saturated carbocycles. The second kappa shape index (κ2) is 8.52. The molecule has 8 nitrogen and oxygen atoms in total. The van der Waals surface area contributed by atoms with E-state index in [0.717, 1.165) is 6.42 Å². The van der Waals surface area contributed by atoms with Crippen LogP contribution in [0.2, 0.25) is 0 Å². The van der Waals surface area contributed by atoms with E-state index in [1.807, 2.05) is 6.92 Å². The minimum absolute atomic E-state index is 0.0617. The maximum absolute atomic E-state index is 11.9. The summed E-state index contributed by atoms with van der Waals surface area (Å²) in [6.45, 7) is 1.93. The third-order valence-electron chi connectivity index (χ3n) is 3.36. The van der Waals surface area contributed by atoms with Crippen LogP contribution in [-0.4, -0.2) is 38.6 Å². The number of benzene rings is 1. The number of nitrogens with one attached hydrogen (secondary N) is 2. The lowest BCUT2D eigenvalue weighted by Crippen LogP contribution is -2.17. The molecule has 0 unspecified atom stereocenters. The van der Waals surface area contributed by atoms with Gasteiger partial charge in [-0.15, -0.1) is 10.2 Å². The van der Waals surface area contributed by atoms with E-state index in [9.17, 15) is 8.42 Å². The van der Waals surface area contributed by atoms with Crippen molar-refractivity contribution in [1.82, 2.24) is 10.2 Å². The number of sulfonamides is 1. The summed E-state index contributed by atoms with van der Waals surface area (Å²) in [5.41, 5.74) is 0.660. The Kier molecular flexibility index (Phi) is 6.40. The number of nitrogens with zero attached hydrogens (tertiary/aromatic N) is 2. The van der Waals surface area contributed by atoms with Gasteiger partial charge in [-0.2, -0.15) is 0 Å². The fourth-order valence-corrected chi connectivity index (χ4v) is 3.25. The molecule has 0 amide bonds. The highest BCUT2D eigenvalue weighted by Gasteiger charge is 2.11. The third kappa shape index (κ3) is 5.49. The lowest BCUT2D eigenvalue weighted by atomic mass is 10.2. The monoisotopic (exact) mass is 366 g/mol. The van der Waals surface area contributed by atoms with Crippen LogP contribution in [0, 0.1) is 0 Å². The quantitative estimate of drug-likeness (QED) is 0.703. The third-order valence-corrected chi connectivity index (χ3v) is 4.71. The molecular formula is C16H22N4O4S. The van der Waals surface area contributed by atoms with Gasteiger partial charge in [0.05, 0.1) is 25.7 Å². The van der Waals surface area contributed by atoms with Crippen LogP contribution in [0.3, 0.4) is 0 Å². The normalized spacial score (nSPS) is 11.0. The number of aromatic nitrogens is 2. The minimum Gasteiger partial charge on any atom is -0.497 e. The lowest BCUT2D eigenvalue weighted by molar-refractivity contribution is 0.405. The molecule has 25 heavy (non-hydrogen) atoms. The van der Waals surface area contributed by atoms with Crippen molar-refractivity contribution in [1.29, 1.82) is 0 Å². The second-order valence-corrected chi connectivity index (χ2v) is 7.11. The first-order valence-electron chi connectivity index (χ1n) is 7.80. The predicted molar refractivity (Wildman–Crippen MR) is 97.2 cm³/mol. The van der Waals surface area contributed by atoms with Crippen molar-refractivity contribution in [2.75, 3.05) is 30.0 Å². The average Bonchev–Trinajstić information content (AvgIpc) is 2.61. The molecule has 1 aromatic heterocycles. The van der Waals surface area contributed by atoms with Crippen molar-refractivity contribution in [3.63, 3.8) is 0 Å². The van der Waals surface area contributed by atoms with Crippen molar-refractivity contribution in [3.05, 3.63) is 30.3 Å². The second-order valence-electron chi connectivity index (χ2n) is 5.27. The van der Waals surface area contributed by atoms with E-state index in [1.165, 1.54) is 0 Å². The molecule has 2 rings (SSSR count). The van der Waals surface area contributed by atoms with Gasteiger partial charge in [0.1, 0.15) is 11.5 Å². The van der Waals surface area contributed by atoms with Crippen LogP contribution < -0.4 is 19.5 Å². The number of anilines is 3. The van der Waals surface area contributed by atoms with Crippen molar-refractivity contribution in [3.8, 4) is 11.5 Å². The van der Waals surface area contributed by atoms with E-state index in [4.69, 9.17) is 9.47 Å². The van der Waals surface area contributed by atoms with Crippen LogP contribution in [-0.2, 0) is 10.0 Å². The summed E-state index contributed by atoms with van der Waals surface area (Å²) in [5, 5.41) is 10.9. The Hall–Kier alpha value is -2.55. The van der Waals surface area contributed by atoms with E-state index in [-0.39, 0.29) is 11.6 Å². The lowest BCUT2D eigenvalue weighted by Gasteiger charge is -2.12. The topological polar surface area (TPSA) is 102 Å². The molecule has 1 aromatic carbocycles. The van der Waals surface area contributed by atoms with Gasteiger partial charge in [0, 0.05) is 6.07 Å². The number of hydrogen-bond donors (Lipinski definition) is 2. The molecule has 0 atom stereocenters. The molecule has 0 fully saturated rings. The molecule has 0 aliphatic rings. The Morgan fingerprint density at radius 2 is 1.76 bits per heavy atom. The number of methoxy groups -OCH3 is 2. The maximum Gasteiger partial charge on any atom is 0.233 e. The molecule has 0 bridgehead atoms. The van der Waals surface area contributed by atoms with Gasteiger partial charge in [0.2, 0.25) is 10.0 Å². The van der Waals surface area contributed by atoms with Gasteiger partial charge < -0.3 is 14.8 Å². The predicted octanol–water partition coefficient (Wildman–Crippen LogP) is 2.78. The van der Waals surface area contributed by atoms with E-state index >= 15 is 0 Å². The Morgan fingerprint density at radius 3 is 2.36 bits per heavy atom. The number of rotatable bonds is 9. The highest BCUT2D eigenvalue weighted by atomic mass is 32.2. The molecular weight excluding hydrogens is 344 g/mol. The summed E-state index contributed by atoms with van der Waals surface area (Å²) in [7, 11) is -0.261. The van der Waals surface area contributed by atoms with Crippen LogP contribution in [0.1, 0.15) is 19.8 Å². The highest BCUT2D eigenvalue weighted by molar-refractivity contribution is 7.92. The van der Waals surface area contributed by atoms with Crippen LogP contribution in [0.4, 0.5) is 17.3 Å². The van der Waals surface area contributed by atoms with Gasteiger partial charge in [-0.05, 0) is 30.7 Å². The van der Waals surface area contributed by atoms with Gasteiger partial charge >= 0.3 is 0 Å². The van der Waals surface area contributed by atoms with Gasteiger partial charge in [0.25, 0.3) is 0 Å². The van der Waals surface area contributed by atoms with Gasteiger partial charge in [-0.1, -0.05) is 13.3 Å². The Bertz CT molecular complexity index is 794. The molecule has 136 valence electrons. The Balaban J connectivity index is 2.10. The number of unbranched alkanes of at least 4 members (excludes halogenated alkanes) is 1. The SMILES string of the molecule is CCCCS(=O)(=O)Nc1ccc(Nc2cc(OC)ccc2OC)nn1. The zero-order chi connectivity index (χ0) is 18.3. The molecule has 0 saturated heterocycles. The first-order valence-corrected chi connectivity index (χ1v) is 9.46. The maximum atomic E-state index is 11.9.